The molecule has 2 unspecified atom stereocenters. The third kappa shape index (κ3) is 8.38. The maximum Gasteiger partial charge on any atom is 0.469 e. The van der Waals surface area contributed by atoms with Crippen molar-refractivity contribution in [3.05, 3.63) is 0 Å². The summed E-state index contributed by atoms with van der Waals surface area (Å²) in [7, 11) is -4.41. The molecule has 0 spiro atoms. The van der Waals surface area contributed by atoms with Crippen LogP contribution in [0.2, 0.25) is 0 Å². The number of unbranched alkanes of at least 4 members (excludes halogenated alkanes) is 7. The van der Waals surface area contributed by atoms with E-state index >= 15 is 0 Å². The van der Waals surface area contributed by atoms with Gasteiger partial charge in [0, 0.05) is 6.61 Å². The van der Waals surface area contributed by atoms with E-state index in [-0.39, 0.29) is 6.10 Å². The average Bonchev–Trinajstić information content (AvgIpc) is 2.28. The fourth-order valence-corrected chi connectivity index (χ4v) is 3.10. The second-order valence-corrected chi connectivity index (χ2v) is 6.79. The van der Waals surface area contributed by atoms with Crippen LogP contribution in [0, 0.1) is 0 Å². The van der Waals surface area contributed by atoms with E-state index in [1.807, 2.05) is 0 Å². The molecule has 0 aromatic carbocycles. The van der Waals surface area contributed by atoms with E-state index in [0.717, 1.165) is 19.3 Å². The lowest BCUT2D eigenvalue weighted by Crippen LogP contribution is -2.39. The number of phosphoric ester groups is 1. The molecule has 1 fully saturated rings. The van der Waals surface area contributed by atoms with Gasteiger partial charge < -0.3 is 14.5 Å². The lowest BCUT2D eigenvalue weighted by Gasteiger charge is -2.33. The molecule has 6 heteroatoms. The van der Waals surface area contributed by atoms with Gasteiger partial charge in [-0.05, 0) is 12.8 Å². The van der Waals surface area contributed by atoms with Crippen molar-refractivity contribution in [3.63, 3.8) is 0 Å². The van der Waals surface area contributed by atoms with Crippen molar-refractivity contribution in [2.75, 3.05) is 6.61 Å². The van der Waals surface area contributed by atoms with E-state index in [9.17, 15) is 4.57 Å². The minimum atomic E-state index is -4.41. The summed E-state index contributed by atoms with van der Waals surface area (Å²) in [5.74, 6) is 0. The Morgan fingerprint density at radius 1 is 1.15 bits per heavy atom. The topological polar surface area (TPSA) is 76.0 Å². The summed E-state index contributed by atoms with van der Waals surface area (Å²) in [6.07, 6.45) is 10.6. The molecular weight excluding hydrogens is 279 g/mol. The van der Waals surface area contributed by atoms with Crippen LogP contribution in [0.15, 0.2) is 0 Å². The Bertz CT molecular complexity index is 287. The van der Waals surface area contributed by atoms with Crippen molar-refractivity contribution in [3.8, 4) is 0 Å². The molecule has 2 N–H and O–H groups in total. The summed E-state index contributed by atoms with van der Waals surface area (Å²) in [4.78, 5) is 17.8. The molecule has 0 amide bonds. The van der Waals surface area contributed by atoms with Crippen LogP contribution in [0.3, 0.4) is 0 Å². The average molecular weight is 308 g/mol. The minimum Gasteiger partial charge on any atom is -0.375 e. The molecule has 0 aliphatic carbocycles. The Labute approximate surface area is 122 Å². The Kier molecular flexibility index (Phi) is 8.98. The molecule has 0 bridgehead atoms. The van der Waals surface area contributed by atoms with Crippen molar-refractivity contribution in [2.45, 2.75) is 83.3 Å². The molecule has 1 saturated heterocycles. The quantitative estimate of drug-likeness (QED) is 0.424. The summed E-state index contributed by atoms with van der Waals surface area (Å²) in [5, 5.41) is 0. The van der Waals surface area contributed by atoms with E-state index in [4.69, 9.17) is 19.0 Å². The molecule has 0 aromatic rings. The van der Waals surface area contributed by atoms with Gasteiger partial charge >= 0.3 is 7.82 Å². The van der Waals surface area contributed by atoms with Crippen LogP contribution in [-0.4, -0.2) is 28.6 Å². The van der Waals surface area contributed by atoms with Crippen LogP contribution in [0.5, 0.6) is 0 Å². The van der Waals surface area contributed by atoms with Gasteiger partial charge in [0.25, 0.3) is 0 Å². The summed E-state index contributed by atoms with van der Waals surface area (Å²) in [5.41, 5.74) is 0. The molecule has 5 nitrogen and oxygen atoms in total. The number of hydrogen-bond acceptors (Lipinski definition) is 3. The van der Waals surface area contributed by atoms with Crippen LogP contribution >= 0.6 is 7.82 Å². The fourth-order valence-electron chi connectivity index (χ4n) is 2.51. The Morgan fingerprint density at radius 3 is 2.15 bits per heavy atom. The van der Waals surface area contributed by atoms with E-state index in [2.05, 4.69) is 6.92 Å². The van der Waals surface area contributed by atoms with Gasteiger partial charge in [0.1, 0.15) is 0 Å². The smallest absolute Gasteiger partial charge is 0.375 e. The lowest BCUT2D eigenvalue weighted by atomic mass is 10.00. The van der Waals surface area contributed by atoms with Gasteiger partial charge in [-0.3, -0.25) is 4.52 Å². The van der Waals surface area contributed by atoms with Crippen LogP contribution in [-0.2, 0) is 13.8 Å². The zero-order valence-electron chi connectivity index (χ0n) is 12.5. The molecule has 1 aliphatic rings. The molecule has 120 valence electrons. The molecule has 1 rings (SSSR count). The van der Waals surface area contributed by atoms with Crippen LogP contribution < -0.4 is 0 Å². The third-order valence-electron chi connectivity index (χ3n) is 3.76. The van der Waals surface area contributed by atoms with Gasteiger partial charge in [-0.25, -0.2) is 4.57 Å². The first kappa shape index (κ1) is 18.1. The second-order valence-electron chi connectivity index (χ2n) is 5.60. The number of rotatable bonds is 12. The van der Waals surface area contributed by atoms with E-state index < -0.39 is 13.9 Å². The van der Waals surface area contributed by atoms with Gasteiger partial charge in [0.2, 0.25) is 0 Å². The number of phosphoric acid groups is 1. The zero-order chi connectivity index (χ0) is 14.8. The van der Waals surface area contributed by atoms with E-state index in [0.29, 0.717) is 13.0 Å². The Morgan fingerprint density at radius 2 is 1.70 bits per heavy atom. The molecule has 20 heavy (non-hydrogen) atoms. The van der Waals surface area contributed by atoms with Gasteiger partial charge in [0.15, 0.2) is 0 Å². The van der Waals surface area contributed by atoms with Gasteiger partial charge in [-0.15, -0.1) is 0 Å². The Hall–Kier alpha value is 0.0700. The van der Waals surface area contributed by atoms with Crippen molar-refractivity contribution < 1.29 is 23.6 Å². The van der Waals surface area contributed by atoms with E-state index in [1.165, 1.54) is 38.5 Å². The molecule has 1 aliphatic heterocycles. The lowest BCUT2D eigenvalue weighted by molar-refractivity contribution is -0.115. The van der Waals surface area contributed by atoms with Gasteiger partial charge in [-0.2, -0.15) is 0 Å². The highest BCUT2D eigenvalue weighted by Crippen LogP contribution is 2.41. The largest absolute Gasteiger partial charge is 0.469 e. The third-order valence-corrected chi connectivity index (χ3v) is 4.31. The normalized spacial score (nSPS) is 20.6. The SMILES string of the molecule is CCCCCCCCCCC(OP(=O)(O)O)C1CCO1. The predicted octanol–water partition coefficient (Wildman–Crippen LogP) is 3.78. The Balaban J connectivity index is 2.08. The van der Waals surface area contributed by atoms with Crippen molar-refractivity contribution in [1.29, 1.82) is 0 Å². The summed E-state index contributed by atoms with van der Waals surface area (Å²) in [6, 6.07) is 0. The van der Waals surface area contributed by atoms with Crippen molar-refractivity contribution >= 4 is 7.82 Å². The van der Waals surface area contributed by atoms with Crippen LogP contribution in [0.1, 0.15) is 71.1 Å². The monoisotopic (exact) mass is 308 g/mol. The molecule has 2 atom stereocenters. The standard InChI is InChI=1S/C14H29O5P/c1-2-3-4-5-6-7-8-9-10-14(13-11-12-18-13)19-20(15,16)17/h13-14H,2-12H2,1H3,(H2,15,16,17). The first-order chi connectivity index (χ1) is 9.53. The van der Waals surface area contributed by atoms with E-state index in [1.54, 1.807) is 0 Å². The minimum absolute atomic E-state index is 0.132. The first-order valence-electron chi connectivity index (χ1n) is 7.88. The fraction of sp³-hybridized carbons (Fsp3) is 1.00. The first-order valence-corrected chi connectivity index (χ1v) is 9.41. The van der Waals surface area contributed by atoms with Gasteiger partial charge in [-0.1, -0.05) is 58.3 Å². The molecular formula is C14H29O5P. The maximum atomic E-state index is 10.9. The highest BCUT2D eigenvalue weighted by molar-refractivity contribution is 7.46. The summed E-state index contributed by atoms with van der Waals surface area (Å²) >= 11 is 0. The van der Waals surface area contributed by atoms with Crippen LogP contribution in [0.4, 0.5) is 0 Å². The highest BCUT2D eigenvalue weighted by atomic mass is 31.2. The second kappa shape index (κ2) is 9.91. The molecule has 0 aromatic heterocycles. The number of ether oxygens (including phenoxy) is 1. The maximum absolute atomic E-state index is 10.9. The summed E-state index contributed by atoms with van der Waals surface area (Å²) in [6.45, 7) is 2.88. The van der Waals surface area contributed by atoms with Crippen LogP contribution in [0.25, 0.3) is 0 Å². The predicted molar refractivity (Wildman–Crippen MR) is 78.5 cm³/mol. The highest BCUT2D eigenvalue weighted by Gasteiger charge is 2.33. The molecule has 0 saturated carbocycles. The van der Waals surface area contributed by atoms with Crippen molar-refractivity contribution in [2.24, 2.45) is 0 Å². The molecule has 0 radical (unpaired) electrons. The molecule has 1 heterocycles. The van der Waals surface area contributed by atoms with Gasteiger partial charge in [0.05, 0.1) is 12.2 Å². The van der Waals surface area contributed by atoms with Crippen molar-refractivity contribution in [1.82, 2.24) is 0 Å². The summed E-state index contributed by atoms with van der Waals surface area (Å²) < 4.78 is 21.1. The zero-order valence-corrected chi connectivity index (χ0v) is 13.4. The number of hydrogen-bond donors (Lipinski definition) is 2.